The van der Waals surface area contributed by atoms with E-state index < -0.39 is 0 Å². The fraction of sp³-hybridized carbons (Fsp3) is 1.00. The second kappa shape index (κ2) is 7.60. The van der Waals surface area contributed by atoms with Gasteiger partial charge >= 0.3 is 0 Å². The van der Waals surface area contributed by atoms with Gasteiger partial charge in [0.15, 0.2) is 0 Å². The predicted molar refractivity (Wildman–Crippen MR) is 56.4 cm³/mol. The van der Waals surface area contributed by atoms with Gasteiger partial charge < -0.3 is 5.32 Å². The summed E-state index contributed by atoms with van der Waals surface area (Å²) in [5.41, 5.74) is 0. The Labute approximate surface area is 77.9 Å². The van der Waals surface area contributed by atoms with E-state index in [1.165, 1.54) is 32.2 Å². The summed E-state index contributed by atoms with van der Waals surface area (Å²) in [4.78, 5) is 0. The van der Waals surface area contributed by atoms with Crippen LogP contribution in [0.3, 0.4) is 0 Å². The van der Waals surface area contributed by atoms with E-state index in [-0.39, 0.29) is 0 Å². The lowest BCUT2D eigenvalue weighted by molar-refractivity contribution is 0.425. The minimum atomic E-state index is 0.689. The van der Waals surface area contributed by atoms with Crippen molar-refractivity contribution >= 4 is 0 Å². The molecule has 12 heavy (non-hydrogen) atoms. The number of rotatable bonds is 7. The lowest BCUT2D eigenvalue weighted by Gasteiger charge is -2.15. The Kier molecular flexibility index (Phi) is 7.58. The lowest BCUT2D eigenvalue weighted by Crippen LogP contribution is -2.29. The molecule has 0 aliphatic heterocycles. The number of hydrogen-bond acceptors (Lipinski definition) is 1. The summed E-state index contributed by atoms with van der Waals surface area (Å²) in [7, 11) is 0. The zero-order valence-electron chi connectivity index (χ0n) is 9.19. The molecule has 0 radical (unpaired) electrons. The van der Waals surface area contributed by atoms with E-state index in [4.69, 9.17) is 0 Å². The SMILES string of the molecule is CCCCC(C)CNC(C)CC. The van der Waals surface area contributed by atoms with E-state index in [0.717, 1.165) is 5.92 Å². The molecule has 0 amide bonds. The summed E-state index contributed by atoms with van der Waals surface area (Å²) >= 11 is 0. The largest absolute Gasteiger partial charge is 0.314 e. The van der Waals surface area contributed by atoms with Crippen molar-refractivity contribution in [2.24, 2.45) is 5.92 Å². The Bertz CT molecular complexity index is 91.0. The summed E-state index contributed by atoms with van der Waals surface area (Å²) < 4.78 is 0. The van der Waals surface area contributed by atoms with Crippen LogP contribution in [0, 0.1) is 5.92 Å². The molecule has 0 saturated carbocycles. The van der Waals surface area contributed by atoms with Crippen molar-refractivity contribution in [3.63, 3.8) is 0 Å². The van der Waals surface area contributed by atoms with Gasteiger partial charge in [0, 0.05) is 6.04 Å². The molecule has 1 N–H and O–H groups in total. The van der Waals surface area contributed by atoms with Crippen molar-refractivity contribution in [1.29, 1.82) is 0 Å². The lowest BCUT2D eigenvalue weighted by atomic mass is 10.0. The second-order valence-electron chi connectivity index (χ2n) is 3.96. The van der Waals surface area contributed by atoms with Gasteiger partial charge in [-0.3, -0.25) is 0 Å². The fourth-order valence-electron chi connectivity index (χ4n) is 1.20. The molecule has 74 valence electrons. The highest BCUT2D eigenvalue weighted by molar-refractivity contribution is 4.61. The highest BCUT2D eigenvalue weighted by Gasteiger charge is 2.02. The maximum atomic E-state index is 3.54. The van der Waals surface area contributed by atoms with Gasteiger partial charge in [-0.05, 0) is 32.2 Å². The van der Waals surface area contributed by atoms with Crippen molar-refractivity contribution in [2.45, 2.75) is 59.4 Å². The Balaban J connectivity index is 3.24. The van der Waals surface area contributed by atoms with E-state index in [1.54, 1.807) is 0 Å². The summed E-state index contributed by atoms with van der Waals surface area (Å²) in [6.07, 6.45) is 5.32. The first kappa shape index (κ1) is 12.0. The normalized spacial score (nSPS) is 16.0. The molecule has 0 rings (SSSR count). The van der Waals surface area contributed by atoms with Crippen LogP contribution in [0.2, 0.25) is 0 Å². The fourth-order valence-corrected chi connectivity index (χ4v) is 1.20. The van der Waals surface area contributed by atoms with Gasteiger partial charge in [0.1, 0.15) is 0 Å². The van der Waals surface area contributed by atoms with Gasteiger partial charge in [-0.15, -0.1) is 0 Å². The molecule has 0 saturated heterocycles. The standard InChI is InChI=1S/C11H25N/c1-5-7-8-10(3)9-12-11(4)6-2/h10-12H,5-9H2,1-4H3. The topological polar surface area (TPSA) is 12.0 Å². The van der Waals surface area contributed by atoms with Crippen LogP contribution in [0.5, 0.6) is 0 Å². The highest BCUT2D eigenvalue weighted by Crippen LogP contribution is 2.06. The van der Waals surface area contributed by atoms with Crippen LogP contribution in [0.4, 0.5) is 0 Å². The Hall–Kier alpha value is -0.0400. The molecule has 0 aliphatic carbocycles. The van der Waals surface area contributed by atoms with E-state index in [2.05, 4.69) is 33.0 Å². The van der Waals surface area contributed by atoms with Crippen LogP contribution in [0.25, 0.3) is 0 Å². The van der Waals surface area contributed by atoms with Crippen molar-refractivity contribution in [3.05, 3.63) is 0 Å². The maximum Gasteiger partial charge on any atom is 0.00362 e. The van der Waals surface area contributed by atoms with Crippen molar-refractivity contribution in [1.82, 2.24) is 5.32 Å². The molecule has 0 aromatic rings. The van der Waals surface area contributed by atoms with E-state index in [0.29, 0.717) is 6.04 Å². The third-order valence-electron chi connectivity index (χ3n) is 2.48. The minimum absolute atomic E-state index is 0.689. The van der Waals surface area contributed by atoms with Gasteiger partial charge in [-0.1, -0.05) is 33.6 Å². The van der Waals surface area contributed by atoms with E-state index in [1.807, 2.05) is 0 Å². The van der Waals surface area contributed by atoms with Crippen LogP contribution in [0.1, 0.15) is 53.4 Å². The van der Waals surface area contributed by atoms with Crippen molar-refractivity contribution in [2.75, 3.05) is 6.54 Å². The average Bonchev–Trinajstić information content (AvgIpc) is 2.10. The minimum Gasteiger partial charge on any atom is -0.314 e. The summed E-state index contributed by atoms with van der Waals surface area (Å²) in [5, 5.41) is 3.54. The first-order valence-corrected chi connectivity index (χ1v) is 5.44. The van der Waals surface area contributed by atoms with Crippen LogP contribution in [-0.4, -0.2) is 12.6 Å². The van der Waals surface area contributed by atoms with Crippen LogP contribution >= 0.6 is 0 Å². The predicted octanol–water partition coefficient (Wildman–Crippen LogP) is 3.20. The van der Waals surface area contributed by atoms with Gasteiger partial charge in [-0.25, -0.2) is 0 Å². The summed E-state index contributed by atoms with van der Waals surface area (Å²) in [6.45, 7) is 10.3. The second-order valence-corrected chi connectivity index (χ2v) is 3.96. The third-order valence-corrected chi connectivity index (χ3v) is 2.48. The molecular formula is C11H25N. The first-order chi connectivity index (χ1) is 5.70. The Morgan fingerprint density at radius 3 is 2.33 bits per heavy atom. The smallest absolute Gasteiger partial charge is 0.00362 e. The molecule has 0 aromatic carbocycles. The monoisotopic (exact) mass is 171 g/mol. The average molecular weight is 171 g/mol. The molecule has 2 unspecified atom stereocenters. The zero-order chi connectivity index (χ0) is 9.40. The van der Waals surface area contributed by atoms with Crippen LogP contribution < -0.4 is 5.32 Å². The Morgan fingerprint density at radius 1 is 1.17 bits per heavy atom. The molecule has 0 heterocycles. The van der Waals surface area contributed by atoms with Gasteiger partial charge in [0.25, 0.3) is 0 Å². The van der Waals surface area contributed by atoms with E-state index in [9.17, 15) is 0 Å². The number of hydrogen-bond donors (Lipinski definition) is 1. The highest BCUT2D eigenvalue weighted by atomic mass is 14.9. The third kappa shape index (κ3) is 6.66. The molecule has 2 atom stereocenters. The van der Waals surface area contributed by atoms with Gasteiger partial charge in [0.2, 0.25) is 0 Å². The zero-order valence-corrected chi connectivity index (χ0v) is 9.19. The molecule has 1 nitrogen and oxygen atoms in total. The molecule has 0 bridgehead atoms. The van der Waals surface area contributed by atoms with Gasteiger partial charge in [0.05, 0.1) is 0 Å². The van der Waals surface area contributed by atoms with Crippen LogP contribution in [-0.2, 0) is 0 Å². The molecule has 0 fully saturated rings. The first-order valence-electron chi connectivity index (χ1n) is 5.44. The molecule has 0 aromatic heterocycles. The van der Waals surface area contributed by atoms with Crippen molar-refractivity contribution in [3.8, 4) is 0 Å². The Morgan fingerprint density at radius 2 is 1.83 bits per heavy atom. The van der Waals surface area contributed by atoms with E-state index >= 15 is 0 Å². The molecule has 1 heteroatoms. The van der Waals surface area contributed by atoms with Crippen LogP contribution in [0.15, 0.2) is 0 Å². The molecular weight excluding hydrogens is 146 g/mol. The number of unbranched alkanes of at least 4 members (excludes halogenated alkanes) is 1. The molecule has 0 spiro atoms. The maximum absolute atomic E-state index is 3.54. The summed E-state index contributed by atoms with van der Waals surface area (Å²) in [6, 6.07) is 0.689. The van der Waals surface area contributed by atoms with Gasteiger partial charge in [-0.2, -0.15) is 0 Å². The molecule has 0 aliphatic rings. The van der Waals surface area contributed by atoms with Crippen molar-refractivity contribution < 1.29 is 0 Å². The quantitative estimate of drug-likeness (QED) is 0.620. The number of nitrogens with one attached hydrogen (secondary N) is 1. The summed E-state index contributed by atoms with van der Waals surface area (Å²) in [5.74, 6) is 0.846.